The van der Waals surface area contributed by atoms with E-state index in [9.17, 15) is 24.0 Å². The first-order valence-electron chi connectivity index (χ1n) is 22.2. The van der Waals surface area contributed by atoms with Crippen LogP contribution in [0.2, 0.25) is 0 Å². The molecule has 360 valence electrons. The maximum absolute atomic E-state index is 12.6. The van der Waals surface area contributed by atoms with Crippen molar-refractivity contribution in [3.63, 3.8) is 0 Å². The predicted molar refractivity (Wildman–Crippen MR) is 254 cm³/mol. The van der Waals surface area contributed by atoms with Crippen molar-refractivity contribution in [1.29, 1.82) is 0 Å². The third-order valence-corrected chi connectivity index (χ3v) is 12.0. The van der Waals surface area contributed by atoms with Gasteiger partial charge in [-0.15, -0.1) is 0 Å². The maximum atomic E-state index is 12.6. The molecule has 2 aliphatic heterocycles. The fourth-order valence-corrected chi connectivity index (χ4v) is 7.51. The van der Waals surface area contributed by atoms with Crippen molar-refractivity contribution in [3.8, 4) is 22.9 Å². The molecule has 0 spiro atoms. The molecule has 0 unspecified atom stereocenters. The lowest BCUT2D eigenvalue weighted by molar-refractivity contribution is -0.145. The molecular weight excluding hydrogens is 873 g/mol. The number of aromatic nitrogens is 2. The number of carboxylic acids is 1. The molecule has 68 heavy (non-hydrogen) atoms. The highest BCUT2D eigenvalue weighted by Gasteiger charge is 2.29. The molecule has 2 fully saturated rings. The number of amides is 4. The Kier molecular flexibility index (Phi) is 18.6. The summed E-state index contributed by atoms with van der Waals surface area (Å²) in [4.78, 5) is 68.0. The van der Waals surface area contributed by atoms with Crippen LogP contribution in [0.5, 0.6) is 11.5 Å². The summed E-state index contributed by atoms with van der Waals surface area (Å²) >= 11 is 0. The van der Waals surface area contributed by atoms with Crippen molar-refractivity contribution in [3.05, 3.63) is 130 Å². The Morgan fingerprint density at radius 3 is 1.68 bits per heavy atom. The molecule has 7 rings (SSSR count). The van der Waals surface area contributed by atoms with Gasteiger partial charge in [0.2, 0.25) is 23.5 Å². The third kappa shape index (κ3) is 13.9. The normalized spacial score (nSPS) is 14.1. The number of carbonyl (C=O) groups is 5. The van der Waals surface area contributed by atoms with Gasteiger partial charge < -0.3 is 50.5 Å². The number of nitrogens with two attached hydrogens (primary N) is 1. The van der Waals surface area contributed by atoms with Gasteiger partial charge in [0.1, 0.15) is 11.5 Å². The lowest BCUT2D eigenvalue weighted by Crippen LogP contribution is -2.45. The Morgan fingerprint density at radius 2 is 1.19 bits per heavy atom. The average molecular weight is 933 g/mol. The zero-order valence-corrected chi connectivity index (χ0v) is 39.3. The minimum absolute atomic E-state index is 0.0189. The van der Waals surface area contributed by atoms with Crippen LogP contribution in [-0.2, 0) is 14.4 Å². The van der Waals surface area contributed by atoms with E-state index in [1.54, 1.807) is 53.3 Å². The summed E-state index contributed by atoms with van der Waals surface area (Å²) < 4.78 is 15.9. The van der Waals surface area contributed by atoms with Gasteiger partial charge in [-0.2, -0.15) is 4.98 Å². The number of aryl methyl sites for hydroxylation is 4. The van der Waals surface area contributed by atoms with Gasteiger partial charge in [0.15, 0.2) is 5.84 Å². The number of rotatable bonds is 12. The summed E-state index contributed by atoms with van der Waals surface area (Å²) in [5, 5.41) is 29.7. The van der Waals surface area contributed by atoms with Crippen LogP contribution in [0.3, 0.4) is 0 Å². The van der Waals surface area contributed by atoms with E-state index in [2.05, 4.69) is 25.9 Å². The first-order chi connectivity index (χ1) is 32.6. The molecule has 0 aliphatic carbocycles. The minimum Gasteiger partial charge on any atom is -0.496 e. The highest BCUT2D eigenvalue weighted by Crippen LogP contribution is 2.32. The number of benzene rings is 4. The number of aliphatic carboxylic acids is 1. The number of carbonyl (C=O) groups excluding carboxylic acids is 4. The van der Waals surface area contributed by atoms with Gasteiger partial charge in [-0.25, -0.2) is 0 Å². The van der Waals surface area contributed by atoms with Crippen molar-refractivity contribution >= 4 is 35.4 Å². The number of piperidine rings is 2. The Hall–Kier alpha value is -7.76. The van der Waals surface area contributed by atoms with Crippen LogP contribution >= 0.6 is 0 Å². The second-order valence-electron chi connectivity index (χ2n) is 16.5. The molecule has 0 saturated carbocycles. The zero-order chi connectivity index (χ0) is 49.3. The van der Waals surface area contributed by atoms with E-state index in [-0.39, 0.29) is 54.4 Å². The molecule has 2 saturated heterocycles. The molecule has 1 aromatic heterocycles. The molecule has 4 amide bonds. The van der Waals surface area contributed by atoms with Crippen molar-refractivity contribution < 1.29 is 48.3 Å². The highest BCUT2D eigenvalue weighted by molar-refractivity contribution is 5.99. The zero-order valence-electron chi connectivity index (χ0n) is 39.3. The van der Waals surface area contributed by atoms with Crippen LogP contribution in [0.4, 0.5) is 0 Å². The monoisotopic (exact) mass is 932 g/mol. The van der Waals surface area contributed by atoms with E-state index < -0.39 is 5.97 Å². The number of hydrogen-bond donors (Lipinski definition) is 5. The number of para-hydroxylation sites is 2. The number of nitrogens with zero attached hydrogens (tertiary/aromatic N) is 5. The second-order valence-corrected chi connectivity index (χ2v) is 16.5. The van der Waals surface area contributed by atoms with Gasteiger partial charge in [-0.05, 0) is 124 Å². The Balaban J connectivity index is 0.000000213. The second kappa shape index (κ2) is 24.7. The maximum Gasteiger partial charge on any atom is 0.306 e. The third-order valence-electron chi connectivity index (χ3n) is 12.0. The topological polar surface area (TPSA) is 252 Å². The molecule has 0 atom stereocenters. The van der Waals surface area contributed by atoms with Gasteiger partial charge in [-0.3, -0.25) is 24.0 Å². The smallest absolute Gasteiger partial charge is 0.306 e. The summed E-state index contributed by atoms with van der Waals surface area (Å²) in [7, 11) is 3.14. The standard InChI is InChI=1S/C25H28N4O4.C17H22N2O4.C8H10N2O2/c1-16-8-9-19(14-17(16)2)24(31)26-15-22(30)29-12-10-18(11-13-29)25-27-23(28-33-25)20-6-4-5-7-21(20)32-3;1-11-3-4-14(9-12(11)2)16(21)18-10-15(20)19-7-5-13(6-8-19)17(22)23;1-12-7-5-3-2-4-6(7)8(9)10-11/h4-9,14,18H,10-13,15H2,1-3H3,(H,26,31);3-4,9,13H,5-8,10H2,1-2H3,(H,18,21)(H,22,23);2-5,11H,1H3,(H2,9,10). The Bertz CT molecular complexity index is 2580. The van der Waals surface area contributed by atoms with E-state index in [1.807, 2.05) is 76.2 Å². The minimum atomic E-state index is -0.805. The largest absolute Gasteiger partial charge is 0.496 e. The molecule has 18 nitrogen and oxygen atoms in total. The van der Waals surface area contributed by atoms with E-state index in [1.165, 1.54) is 7.11 Å². The quantitative estimate of drug-likeness (QED) is 0.0440. The summed E-state index contributed by atoms with van der Waals surface area (Å²) in [6.45, 7) is 9.79. The lowest BCUT2D eigenvalue weighted by atomic mass is 9.96. The van der Waals surface area contributed by atoms with Crippen molar-refractivity contribution in [2.24, 2.45) is 16.8 Å². The number of methoxy groups -OCH3 is 2. The fourth-order valence-electron chi connectivity index (χ4n) is 7.51. The predicted octanol–water partition coefficient (Wildman–Crippen LogP) is 5.64. The van der Waals surface area contributed by atoms with Crippen LogP contribution in [0.15, 0.2) is 94.6 Å². The number of carboxylic acid groups (broad SMARTS) is 1. The van der Waals surface area contributed by atoms with E-state index in [0.29, 0.717) is 78.9 Å². The average Bonchev–Trinajstić information content (AvgIpc) is 3.87. The van der Waals surface area contributed by atoms with Crippen LogP contribution in [0.25, 0.3) is 11.4 Å². The SMILES string of the molecule is COc1ccccc1-c1noc(C2CCN(C(=O)CNC(=O)c3ccc(C)c(C)c3)CC2)n1.COc1ccccc1C(N)=NO.Cc1ccc(C(=O)NCC(=O)N2CCC(C(=O)O)CC2)cc1C. The van der Waals surface area contributed by atoms with Gasteiger partial charge >= 0.3 is 5.97 Å². The van der Waals surface area contributed by atoms with Gasteiger partial charge in [0.05, 0.1) is 44.4 Å². The van der Waals surface area contributed by atoms with Gasteiger partial charge in [-0.1, -0.05) is 46.7 Å². The van der Waals surface area contributed by atoms with Crippen molar-refractivity contribution in [1.82, 2.24) is 30.6 Å². The van der Waals surface area contributed by atoms with E-state index in [0.717, 1.165) is 40.7 Å². The molecule has 6 N–H and O–H groups in total. The van der Waals surface area contributed by atoms with Crippen molar-refractivity contribution in [2.45, 2.75) is 59.3 Å². The summed E-state index contributed by atoms with van der Waals surface area (Å²) in [5.41, 5.74) is 12.2. The Labute approximate surface area is 395 Å². The lowest BCUT2D eigenvalue weighted by Gasteiger charge is -2.30. The summed E-state index contributed by atoms with van der Waals surface area (Å²) in [5.74, 6) is 0.531. The van der Waals surface area contributed by atoms with Crippen LogP contribution in [-0.4, -0.2) is 119 Å². The van der Waals surface area contributed by atoms with Gasteiger partial charge in [0, 0.05) is 43.2 Å². The molecule has 5 aromatic rings. The van der Waals surface area contributed by atoms with Crippen LogP contribution < -0.4 is 25.8 Å². The number of hydrogen-bond acceptors (Lipinski definition) is 12. The molecular formula is C50H60N8O10. The number of nitrogens with one attached hydrogen (secondary N) is 2. The first kappa shape index (κ1) is 51.2. The number of oxime groups is 1. The molecule has 4 aromatic carbocycles. The number of amidine groups is 1. The molecule has 3 heterocycles. The number of ether oxygens (including phenoxy) is 2. The van der Waals surface area contributed by atoms with Crippen LogP contribution in [0.1, 0.15) is 86.0 Å². The van der Waals surface area contributed by atoms with E-state index in [4.69, 9.17) is 30.0 Å². The molecule has 0 bridgehead atoms. The first-order valence-corrected chi connectivity index (χ1v) is 22.2. The highest BCUT2D eigenvalue weighted by atomic mass is 16.5. The van der Waals surface area contributed by atoms with Gasteiger partial charge in [0.25, 0.3) is 11.8 Å². The fraction of sp³-hybridized carbons (Fsp3) is 0.360. The molecule has 0 radical (unpaired) electrons. The van der Waals surface area contributed by atoms with Crippen LogP contribution in [0, 0.1) is 33.6 Å². The number of likely N-dealkylation sites (tertiary alicyclic amines) is 2. The summed E-state index contributed by atoms with van der Waals surface area (Å²) in [6, 6.07) is 25.5. The summed E-state index contributed by atoms with van der Waals surface area (Å²) in [6.07, 6.45) is 2.38. The van der Waals surface area contributed by atoms with Crippen molar-refractivity contribution in [2.75, 3.05) is 53.5 Å². The Morgan fingerprint density at radius 1 is 0.706 bits per heavy atom. The molecule has 18 heteroatoms. The van der Waals surface area contributed by atoms with E-state index >= 15 is 0 Å². The molecule has 2 aliphatic rings.